The number of aliphatic hydroxyl groups excluding tert-OH is 1. The van der Waals surface area contributed by atoms with Crippen LogP contribution in [-0.4, -0.2) is 24.0 Å². The predicted octanol–water partition coefficient (Wildman–Crippen LogP) is 1.87. The van der Waals surface area contributed by atoms with Crippen molar-refractivity contribution in [2.24, 2.45) is 0 Å². The zero-order valence-corrected chi connectivity index (χ0v) is 13.0. The van der Waals surface area contributed by atoms with Gasteiger partial charge in [-0.1, -0.05) is 30.3 Å². The minimum atomic E-state index is -0.598. The molecule has 6 nitrogen and oxygen atoms in total. The summed E-state index contributed by atoms with van der Waals surface area (Å²) in [5.41, 5.74) is 2.97. The van der Waals surface area contributed by atoms with Gasteiger partial charge in [-0.3, -0.25) is 0 Å². The Morgan fingerprint density at radius 3 is 2.92 bits per heavy atom. The molecule has 1 aliphatic carbocycles. The standard InChI is InChI=1S/C18H18N2O4/c21-14-8-12-3-1-2-4-13(12)17(14)20-18(22)19-9-11-5-6-15-16(7-11)24-10-23-15/h1-7,14,17,21H,8-10H2,(H2,19,20,22)/t14-,17+/m0/s1. The van der Waals surface area contributed by atoms with Gasteiger partial charge >= 0.3 is 6.03 Å². The van der Waals surface area contributed by atoms with Gasteiger partial charge in [-0.15, -0.1) is 0 Å². The number of amides is 2. The van der Waals surface area contributed by atoms with E-state index in [2.05, 4.69) is 10.6 Å². The van der Waals surface area contributed by atoms with Crippen LogP contribution in [0.2, 0.25) is 0 Å². The highest BCUT2D eigenvalue weighted by Crippen LogP contribution is 2.33. The Hall–Kier alpha value is -2.73. The third-order valence-corrected chi connectivity index (χ3v) is 4.38. The Balaban J connectivity index is 1.37. The number of hydrogen-bond acceptors (Lipinski definition) is 4. The number of fused-ring (bicyclic) bond motifs is 2. The first kappa shape index (κ1) is 14.8. The summed E-state index contributed by atoms with van der Waals surface area (Å²) in [7, 11) is 0. The first-order valence-corrected chi connectivity index (χ1v) is 7.89. The molecule has 1 heterocycles. The zero-order chi connectivity index (χ0) is 16.5. The second-order valence-corrected chi connectivity index (χ2v) is 5.96. The van der Waals surface area contributed by atoms with Crippen LogP contribution in [0.5, 0.6) is 11.5 Å². The van der Waals surface area contributed by atoms with E-state index in [4.69, 9.17) is 9.47 Å². The number of nitrogens with one attached hydrogen (secondary N) is 2. The third kappa shape index (κ3) is 2.76. The van der Waals surface area contributed by atoms with Gasteiger partial charge in [-0.05, 0) is 28.8 Å². The Morgan fingerprint density at radius 1 is 1.17 bits per heavy atom. The van der Waals surface area contributed by atoms with Crippen LogP contribution in [0.15, 0.2) is 42.5 Å². The summed E-state index contributed by atoms with van der Waals surface area (Å²) in [6.07, 6.45) is -0.0396. The summed E-state index contributed by atoms with van der Waals surface area (Å²) < 4.78 is 10.6. The topological polar surface area (TPSA) is 79.8 Å². The van der Waals surface area contributed by atoms with Crippen LogP contribution >= 0.6 is 0 Å². The first-order chi connectivity index (χ1) is 11.7. The maximum absolute atomic E-state index is 12.2. The van der Waals surface area contributed by atoms with Crippen molar-refractivity contribution < 1.29 is 19.4 Å². The summed E-state index contributed by atoms with van der Waals surface area (Å²) in [5.74, 6) is 1.41. The van der Waals surface area contributed by atoms with Crippen molar-refractivity contribution in [1.29, 1.82) is 0 Å². The first-order valence-electron chi connectivity index (χ1n) is 7.89. The average molecular weight is 326 g/mol. The zero-order valence-electron chi connectivity index (χ0n) is 13.0. The van der Waals surface area contributed by atoms with Gasteiger partial charge in [-0.2, -0.15) is 0 Å². The molecule has 0 unspecified atom stereocenters. The fourth-order valence-electron chi connectivity index (χ4n) is 3.17. The van der Waals surface area contributed by atoms with Gasteiger partial charge in [0.15, 0.2) is 11.5 Å². The summed E-state index contributed by atoms with van der Waals surface area (Å²) in [4.78, 5) is 12.2. The molecule has 2 atom stereocenters. The molecule has 4 rings (SSSR count). The van der Waals surface area contributed by atoms with Crippen molar-refractivity contribution in [3.63, 3.8) is 0 Å². The molecule has 3 N–H and O–H groups in total. The summed E-state index contributed by atoms with van der Waals surface area (Å²) in [6, 6.07) is 12.6. The fourth-order valence-corrected chi connectivity index (χ4v) is 3.17. The van der Waals surface area contributed by atoms with Crippen LogP contribution in [0.4, 0.5) is 4.79 Å². The van der Waals surface area contributed by atoms with E-state index in [0.717, 1.165) is 16.7 Å². The molecule has 2 aromatic carbocycles. The predicted molar refractivity (Wildman–Crippen MR) is 86.8 cm³/mol. The van der Waals surface area contributed by atoms with Crippen molar-refractivity contribution in [1.82, 2.24) is 10.6 Å². The van der Waals surface area contributed by atoms with Crippen LogP contribution in [0.1, 0.15) is 22.7 Å². The molecule has 24 heavy (non-hydrogen) atoms. The second-order valence-electron chi connectivity index (χ2n) is 5.96. The maximum atomic E-state index is 12.2. The lowest BCUT2D eigenvalue weighted by molar-refractivity contribution is 0.142. The van der Waals surface area contributed by atoms with Gasteiger partial charge in [0, 0.05) is 13.0 Å². The summed E-state index contributed by atoms with van der Waals surface area (Å²) in [5, 5.41) is 15.8. The fraction of sp³-hybridized carbons (Fsp3) is 0.278. The number of benzene rings is 2. The van der Waals surface area contributed by atoms with Crippen molar-refractivity contribution in [3.8, 4) is 11.5 Å². The Bertz CT molecular complexity index is 777. The molecule has 2 amide bonds. The number of rotatable bonds is 3. The number of hydrogen-bond donors (Lipinski definition) is 3. The van der Waals surface area contributed by atoms with Gasteiger partial charge < -0.3 is 25.2 Å². The van der Waals surface area contributed by atoms with Crippen LogP contribution in [0, 0.1) is 0 Å². The van der Waals surface area contributed by atoms with Crippen molar-refractivity contribution in [3.05, 3.63) is 59.2 Å². The molecule has 0 saturated heterocycles. The molecule has 0 fully saturated rings. The van der Waals surface area contributed by atoms with E-state index in [1.165, 1.54) is 0 Å². The molecule has 0 aromatic heterocycles. The van der Waals surface area contributed by atoms with Gasteiger partial charge in [-0.25, -0.2) is 4.79 Å². The number of ether oxygens (including phenoxy) is 2. The number of carbonyl (C=O) groups is 1. The summed E-state index contributed by atoms with van der Waals surface area (Å²) in [6.45, 7) is 0.596. The van der Waals surface area contributed by atoms with Gasteiger partial charge in [0.05, 0.1) is 12.1 Å². The highest BCUT2D eigenvalue weighted by atomic mass is 16.7. The van der Waals surface area contributed by atoms with E-state index >= 15 is 0 Å². The molecule has 0 radical (unpaired) electrons. The van der Waals surface area contributed by atoms with E-state index in [1.54, 1.807) is 0 Å². The molecule has 1 aliphatic heterocycles. The second kappa shape index (κ2) is 6.05. The molecule has 124 valence electrons. The lowest BCUT2D eigenvalue weighted by Crippen LogP contribution is -2.40. The van der Waals surface area contributed by atoms with E-state index < -0.39 is 6.10 Å². The lowest BCUT2D eigenvalue weighted by Gasteiger charge is -2.18. The van der Waals surface area contributed by atoms with Crippen LogP contribution < -0.4 is 20.1 Å². The van der Waals surface area contributed by atoms with Crippen LogP contribution in [-0.2, 0) is 13.0 Å². The minimum Gasteiger partial charge on any atom is -0.454 e. The minimum absolute atomic E-state index is 0.228. The number of aliphatic hydroxyl groups is 1. The Kier molecular flexibility index (Phi) is 3.74. The number of carbonyl (C=O) groups excluding carboxylic acids is 1. The Labute approximate surface area is 139 Å². The van der Waals surface area contributed by atoms with E-state index in [9.17, 15) is 9.90 Å². The summed E-state index contributed by atoms with van der Waals surface area (Å²) >= 11 is 0. The smallest absolute Gasteiger partial charge is 0.315 e. The molecule has 6 heteroatoms. The van der Waals surface area contributed by atoms with E-state index in [-0.39, 0.29) is 18.9 Å². The molecule has 2 aromatic rings. The third-order valence-electron chi connectivity index (χ3n) is 4.38. The molecular weight excluding hydrogens is 308 g/mol. The Morgan fingerprint density at radius 2 is 2.00 bits per heavy atom. The maximum Gasteiger partial charge on any atom is 0.315 e. The molecule has 0 saturated carbocycles. The molecule has 0 bridgehead atoms. The largest absolute Gasteiger partial charge is 0.454 e. The number of urea groups is 1. The van der Waals surface area contributed by atoms with E-state index in [1.807, 2.05) is 42.5 Å². The van der Waals surface area contributed by atoms with E-state index in [0.29, 0.717) is 24.5 Å². The van der Waals surface area contributed by atoms with Gasteiger partial charge in [0.25, 0.3) is 0 Å². The van der Waals surface area contributed by atoms with Crippen molar-refractivity contribution in [2.75, 3.05) is 6.79 Å². The molecular formula is C18H18N2O4. The van der Waals surface area contributed by atoms with Crippen molar-refractivity contribution in [2.45, 2.75) is 25.1 Å². The average Bonchev–Trinajstić information content (AvgIpc) is 3.17. The normalized spacial score (nSPS) is 20.5. The quantitative estimate of drug-likeness (QED) is 0.804. The molecule has 2 aliphatic rings. The van der Waals surface area contributed by atoms with Crippen molar-refractivity contribution >= 4 is 6.03 Å². The van der Waals surface area contributed by atoms with Gasteiger partial charge in [0.1, 0.15) is 0 Å². The van der Waals surface area contributed by atoms with Crippen LogP contribution in [0.3, 0.4) is 0 Å². The monoisotopic (exact) mass is 326 g/mol. The highest BCUT2D eigenvalue weighted by Gasteiger charge is 2.31. The lowest BCUT2D eigenvalue weighted by atomic mass is 10.1. The highest BCUT2D eigenvalue weighted by molar-refractivity contribution is 5.75. The van der Waals surface area contributed by atoms with Gasteiger partial charge in [0.2, 0.25) is 6.79 Å². The SMILES string of the molecule is O=C(NCc1ccc2c(c1)OCO2)N[C@@H]1c2ccccc2C[C@@H]1O. The van der Waals surface area contributed by atoms with Crippen LogP contribution in [0.25, 0.3) is 0 Å². The molecule has 0 spiro atoms.